The molecule has 18 heavy (non-hydrogen) atoms. The van der Waals surface area contributed by atoms with E-state index in [9.17, 15) is 0 Å². The number of nitrogens with zero attached hydrogens (tertiary/aromatic N) is 5. The van der Waals surface area contributed by atoms with E-state index in [0.717, 1.165) is 29.2 Å². The third-order valence-electron chi connectivity index (χ3n) is 2.75. The maximum Gasteiger partial charge on any atom is 0.198 e. The molecule has 0 aliphatic carbocycles. The lowest BCUT2D eigenvalue weighted by molar-refractivity contribution is 0.122. The molecular weight excluding hydrogens is 322 g/mol. The molecule has 0 radical (unpaired) electrons. The van der Waals surface area contributed by atoms with Crippen LogP contribution in [0.2, 0.25) is 0 Å². The van der Waals surface area contributed by atoms with Crippen LogP contribution in [0.3, 0.4) is 0 Å². The Morgan fingerprint density at radius 1 is 1.33 bits per heavy atom. The van der Waals surface area contributed by atoms with Gasteiger partial charge in [0.1, 0.15) is 4.60 Å². The highest BCUT2D eigenvalue weighted by molar-refractivity contribution is 9.10. The molecule has 1 aliphatic heterocycles. The van der Waals surface area contributed by atoms with Gasteiger partial charge in [-0.3, -0.25) is 0 Å². The number of hydrogen-bond donors (Lipinski definition) is 0. The number of anilines is 1. The van der Waals surface area contributed by atoms with Gasteiger partial charge in [-0.15, -0.1) is 16.7 Å². The Labute approximate surface area is 117 Å². The molecule has 0 unspecified atom stereocenters. The topological polar surface area (TPSA) is 55.5 Å². The van der Waals surface area contributed by atoms with Gasteiger partial charge in [0.2, 0.25) is 0 Å². The van der Waals surface area contributed by atoms with E-state index in [2.05, 4.69) is 35.9 Å². The maximum atomic E-state index is 5.77. The summed E-state index contributed by atoms with van der Waals surface area (Å²) in [6.07, 6.45) is 1.78. The van der Waals surface area contributed by atoms with Gasteiger partial charge in [-0.05, 0) is 15.9 Å². The lowest BCUT2D eigenvalue weighted by atomic mass is 10.4. The number of morpholine rings is 1. The molecule has 0 spiro atoms. The average molecular weight is 333 g/mol. The second kappa shape index (κ2) is 4.99. The van der Waals surface area contributed by atoms with Crippen molar-refractivity contribution < 1.29 is 4.74 Å². The van der Waals surface area contributed by atoms with Crippen LogP contribution < -0.4 is 4.90 Å². The third-order valence-corrected chi connectivity index (χ3v) is 3.37. The van der Waals surface area contributed by atoms with Gasteiger partial charge in [-0.2, -0.15) is 0 Å². The predicted molar refractivity (Wildman–Crippen MR) is 71.1 cm³/mol. The predicted octanol–water partition coefficient (Wildman–Crippen LogP) is 1.46. The van der Waals surface area contributed by atoms with E-state index >= 15 is 0 Å². The molecule has 0 aromatic carbocycles. The summed E-state index contributed by atoms with van der Waals surface area (Å²) < 4.78 is 7.78. The van der Waals surface area contributed by atoms with Gasteiger partial charge >= 0.3 is 0 Å². The summed E-state index contributed by atoms with van der Waals surface area (Å²) in [5, 5.41) is 4.29. The fourth-order valence-electron chi connectivity index (χ4n) is 1.93. The zero-order valence-corrected chi connectivity index (χ0v) is 11.9. The van der Waals surface area contributed by atoms with E-state index in [1.165, 1.54) is 0 Å². The van der Waals surface area contributed by atoms with E-state index in [1.54, 1.807) is 10.7 Å². The van der Waals surface area contributed by atoms with Gasteiger partial charge in [0.25, 0.3) is 0 Å². The highest BCUT2D eigenvalue weighted by Crippen LogP contribution is 2.22. The summed E-state index contributed by atoms with van der Waals surface area (Å²) >= 11 is 9.16. The first-order valence-electron chi connectivity index (χ1n) is 5.58. The van der Waals surface area contributed by atoms with Gasteiger partial charge in [0.05, 0.1) is 25.3 Å². The Hall–Kier alpha value is -0.920. The highest BCUT2D eigenvalue weighted by Gasteiger charge is 2.18. The molecule has 0 atom stereocenters. The van der Waals surface area contributed by atoms with Gasteiger partial charge in [0, 0.05) is 13.1 Å². The fraction of sp³-hybridized carbons (Fsp3) is 0.500. The molecule has 0 N–H and O–H groups in total. The Morgan fingerprint density at radius 2 is 2.11 bits per heavy atom. The lowest BCUT2D eigenvalue weighted by Crippen LogP contribution is -2.37. The lowest BCUT2D eigenvalue weighted by Gasteiger charge is -2.27. The SMILES string of the molecule is ClCc1nc2c(N3CCOCC3)nc(Br)cn2n1. The minimum Gasteiger partial charge on any atom is -0.378 e. The molecule has 6 nitrogen and oxygen atoms in total. The van der Waals surface area contributed by atoms with Crippen molar-refractivity contribution >= 4 is 39.0 Å². The zero-order valence-electron chi connectivity index (χ0n) is 9.51. The third kappa shape index (κ3) is 2.17. The van der Waals surface area contributed by atoms with Crippen LogP contribution >= 0.6 is 27.5 Å². The number of aromatic nitrogens is 4. The van der Waals surface area contributed by atoms with E-state index in [0.29, 0.717) is 24.9 Å². The maximum absolute atomic E-state index is 5.77. The average Bonchev–Trinajstić information content (AvgIpc) is 2.81. The monoisotopic (exact) mass is 331 g/mol. The van der Waals surface area contributed by atoms with Crippen LogP contribution in [0.25, 0.3) is 5.65 Å². The molecule has 3 heterocycles. The van der Waals surface area contributed by atoms with Crippen molar-refractivity contribution in [3.8, 4) is 0 Å². The smallest absolute Gasteiger partial charge is 0.198 e. The quantitative estimate of drug-likeness (QED) is 0.779. The van der Waals surface area contributed by atoms with Crippen molar-refractivity contribution in [2.45, 2.75) is 5.88 Å². The van der Waals surface area contributed by atoms with Gasteiger partial charge in [-0.1, -0.05) is 0 Å². The van der Waals surface area contributed by atoms with E-state index in [-0.39, 0.29) is 0 Å². The van der Waals surface area contributed by atoms with Crippen LogP contribution in [0.4, 0.5) is 5.82 Å². The van der Waals surface area contributed by atoms with Crippen molar-refractivity contribution in [2.24, 2.45) is 0 Å². The molecule has 3 rings (SSSR count). The molecule has 8 heteroatoms. The van der Waals surface area contributed by atoms with Gasteiger partial charge in [-0.25, -0.2) is 14.5 Å². The molecule has 2 aromatic heterocycles. The fourth-order valence-corrected chi connectivity index (χ4v) is 2.41. The van der Waals surface area contributed by atoms with E-state index in [4.69, 9.17) is 16.3 Å². The number of fused-ring (bicyclic) bond motifs is 1. The van der Waals surface area contributed by atoms with Crippen LogP contribution in [-0.4, -0.2) is 45.9 Å². The number of halogens is 2. The number of alkyl halides is 1. The van der Waals surface area contributed by atoms with Crippen molar-refractivity contribution in [3.05, 3.63) is 16.6 Å². The highest BCUT2D eigenvalue weighted by atomic mass is 79.9. The molecule has 2 aromatic rings. The van der Waals surface area contributed by atoms with Crippen molar-refractivity contribution in [1.29, 1.82) is 0 Å². The minimum absolute atomic E-state index is 0.294. The molecule has 96 valence electrons. The summed E-state index contributed by atoms with van der Waals surface area (Å²) in [4.78, 5) is 11.0. The molecule has 0 amide bonds. The summed E-state index contributed by atoms with van der Waals surface area (Å²) in [5.74, 6) is 1.71. The van der Waals surface area contributed by atoms with E-state index < -0.39 is 0 Å². The second-order valence-electron chi connectivity index (χ2n) is 3.92. The first kappa shape index (κ1) is 12.1. The van der Waals surface area contributed by atoms with Crippen LogP contribution in [0.5, 0.6) is 0 Å². The summed E-state index contributed by atoms with van der Waals surface area (Å²) in [7, 11) is 0. The summed E-state index contributed by atoms with van der Waals surface area (Å²) in [6, 6.07) is 0. The van der Waals surface area contributed by atoms with Crippen LogP contribution in [-0.2, 0) is 10.6 Å². The Balaban J connectivity index is 2.10. The Morgan fingerprint density at radius 3 is 2.83 bits per heavy atom. The molecule has 0 bridgehead atoms. The molecule has 1 fully saturated rings. The molecule has 0 saturated carbocycles. The van der Waals surface area contributed by atoms with Crippen LogP contribution in [0.1, 0.15) is 5.82 Å². The van der Waals surface area contributed by atoms with Crippen molar-refractivity contribution in [1.82, 2.24) is 19.6 Å². The van der Waals surface area contributed by atoms with Crippen molar-refractivity contribution in [2.75, 3.05) is 31.2 Å². The first-order valence-corrected chi connectivity index (χ1v) is 6.91. The number of hydrogen-bond acceptors (Lipinski definition) is 5. The standard InChI is InChI=1S/C10H11BrClN5O/c11-7-6-17-10(14-8(5-12)15-17)9(13-7)16-1-3-18-4-2-16/h6H,1-5H2. The number of ether oxygens (including phenoxy) is 1. The second-order valence-corrected chi connectivity index (χ2v) is 5.00. The number of rotatable bonds is 2. The minimum atomic E-state index is 0.294. The van der Waals surface area contributed by atoms with Gasteiger partial charge < -0.3 is 9.64 Å². The largest absolute Gasteiger partial charge is 0.378 e. The molecular formula is C10H11BrClN5O. The van der Waals surface area contributed by atoms with E-state index in [1.807, 2.05) is 0 Å². The summed E-state index contributed by atoms with van der Waals surface area (Å²) in [6.45, 7) is 3.03. The molecule has 1 saturated heterocycles. The van der Waals surface area contributed by atoms with Crippen LogP contribution in [0, 0.1) is 0 Å². The van der Waals surface area contributed by atoms with Crippen LogP contribution in [0.15, 0.2) is 10.8 Å². The molecule has 1 aliphatic rings. The zero-order chi connectivity index (χ0) is 12.5. The van der Waals surface area contributed by atoms with Crippen molar-refractivity contribution in [3.63, 3.8) is 0 Å². The normalized spacial score (nSPS) is 16.4. The Kier molecular flexibility index (Phi) is 3.36. The first-order chi connectivity index (χ1) is 8.78. The summed E-state index contributed by atoms with van der Waals surface area (Å²) in [5.41, 5.74) is 0.732. The Bertz CT molecular complexity index is 569. The van der Waals surface area contributed by atoms with Gasteiger partial charge in [0.15, 0.2) is 17.3 Å².